The second-order valence-corrected chi connectivity index (χ2v) is 11.0. The minimum Gasteiger partial charge on any atom is -0.497 e. The van der Waals surface area contributed by atoms with Crippen molar-refractivity contribution in [1.82, 2.24) is 20.1 Å². The molecule has 2 aromatic heterocycles. The molecule has 5 aromatic rings. The van der Waals surface area contributed by atoms with Gasteiger partial charge in [-0.1, -0.05) is 48.5 Å². The summed E-state index contributed by atoms with van der Waals surface area (Å²) >= 11 is 1.39. The van der Waals surface area contributed by atoms with Crippen LogP contribution in [0.25, 0.3) is 16.9 Å². The lowest BCUT2D eigenvalue weighted by Crippen LogP contribution is -2.42. The number of nitrogens with one attached hydrogen (secondary N) is 1. The third-order valence-electron chi connectivity index (χ3n) is 7.10. The van der Waals surface area contributed by atoms with E-state index < -0.39 is 5.25 Å². The fourth-order valence-electron chi connectivity index (χ4n) is 5.06. The van der Waals surface area contributed by atoms with E-state index in [0.717, 1.165) is 11.1 Å². The average Bonchev–Trinajstić information content (AvgIpc) is 3.37. The van der Waals surface area contributed by atoms with Gasteiger partial charge in [0.1, 0.15) is 23.9 Å². The summed E-state index contributed by atoms with van der Waals surface area (Å²) in [5.74, 6) is 0.238. The zero-order valence-corrected chi connectivity index (χ0v) is 24.1. The number of methoxy groups -OCH3 is 1. The van der Waals surface area contributed by atoms with Gasteiger partial charge in [0.25, 0.3) is 0 Å². The molecule has 0 spiro atoms. The Kier molecular flexibility index (Phi) is 8.19. The molecule has 1 aliphatic heterocycles. The molecule has 0 unspecified atom stereocenters. The fourth-order valence-corrected chi connectivity index (χ4v) is 6.24. The zero-order chi connectivity index (χ0) is 29.8. The van der Waals surface area contributed by atoms with E-state index in [-0.39, 0.29) is 36.5 Å². The van der Waals surface area contributed by atoms with Gasteiger partial charge in [-0.3, -0.25) is 19.5 Å². The van der Waals surface area contributed by atoms with Gasteiger partial charge in [-0.15, -0.1) is 11.8 Å². The SMILES string of the molecule is COc1ccc(-n2nc(-c3ccccc3)c3c2N(CC(=O)NCc2ccccn2)C(=O)CS[C@H]3c2cccc(F)c2)cc1. The Morgan fingerprint density at radius 1 is 1.02 bits per heavy atom. The first kappa shape index (κ1) is 28.2. The van der Waals surface area contributed by atoms with Crippen molar-refractivity contribution < 1.29 is 18.7 Å². The van der Waals surface area contributed by atoms with Gasteiger partial charge in [0.15, 0.2) is 0 Å². The number of rotatable bonds is 8. The van der Waals surface area contributed by atoms with Gasteiger partial charge >= 0.3 is 0 Å². The van der Waals surface area contributed by atoms with Crippen LogP contribution in [0.5, 0.6) is 5.75 Å². The van der Waals surface area contributed by atoms with Crippen LogP contribution in [0, 0.1) is 5.82 Å². The van der Waals surface area contributed by atoms with Crippen LogP contribution >= 0.6 is 11.8 Å². The molecule has 1 atom stereocenters. The summed E-state index contributed by atoms with van der Waals surface area (Å²) in [5, 5.41) is 7.50. The third-order valence-corrected chi connectivity index (χ3v) is 8.35. The molecular formula is C33H28FN5O3S. The Hall–Kier alpha value is -4.96. The van der Waals surface area contributed by atoms with Gasteiger partial charge < -0.3 is 10.1 Å². The molecule has 1 N–H and O–H groups in total. The molecule has 0 fully saturated rings. The highest BCUT2D eigenvalue weighted by Gasteiger charge is 2.37. The largest absolute Gasteiger partial charge is 0.497 e. The van der Waals surface area contributed by atoms with Gasteiger partial charge in [-0.2, -0.15) is 5.10 Å². The standard InChI is InChI=1S/C33H28FN5O3S/c1-42-27-15-13-26(14-16-27)39-33-30(31(37-39)22-8-3-2-4-9-22)32(23-10-7-11-24(34)18-23)43-21-29(41)38(33)20-28(40)36-19-25-12-5-6-17-35-25/h2-18,32H,19-21H2,1H3,(H,36,40)/t32-/m0/s1. The maximum atomic E-state index is 14.5. The van der Waals surface area contributed by atoms with Crippen molar-refractivity contribution in [3.05, 3.63) is 126 Å². The number of carbonyl (C=O) groups is 2. The van der Waals surface area contributed by atoms with Gasteiger partial charge in [-0.25, -0.2) is 9.07 Å². The molecule has 0 bridgehead atoms. The van der Waals surface area contributed by atoms with Crippen LogP contribution in [0.3, 0.4) is 0 Å². The molecule has 0 saturated carbocycles. The van der Waals surface area contributed by atoms with Crippen molar-refractivity contribution in [1.29, 1.82) is 0 Å². The Morgan fingerprint density at radius 2 is 1.81 bits per heavy atom. The van der Waals surface area contributed by atoms with Crippen LogP contribution in [0.2, 0.25) is 0 Å². The lowest BCUT2D eigenvalue weighted by atomic mass is 9.99. The number of anilines is 1. The molecular weight excluding hydrogens is 565 g/mol. The number of halogens is 1. The highest BCUT2D eigenvalue weighted by molar-refractivity contribution is 8.00. The first-order valence-electron chi connectivity index (χ1n) is 13.7. The Morgan fingerprint density at radius 3 is 2.53 bits per heavy atom. The summed E-state index contributed by atoms with van der Waals surface area (Å²) in [4.78, 5) is 32.9. The van der Waals surface area contributed by atoms with Gasteiger partial charge in [-0.05, 0) is 54.1 Å². The monoisotopic (exact) mass is 593 g/mol. The molecule has 0 aliphatic carbocycles. The minimum absolute atomic E-state index is 0.0836. The normalized spacial score (nSPS) is 14.6. The van der Waals surface area contributed by atoms with Gasteiger partial charge in [0.2, 0.25) is 11.8 Å². The molecule has 3 aromatic carbocycles. The molecule has 3 heterocycles. The molecule has 43 heavy (non-hydrogen) atoms. The second kappa shape index (κ2) is 12.5. The minimum atomic E-state index is -0.432. The third kappa shape index (κ3) is 6.00. The Balaban J connectivity index is 1.52. The highest BCUT2D eigenvalue weighted by Crippen LogP contribution is 2.48. The molecule has 2 amide bonds. The summed E-state index contributed by atoms with van der Waals surface area (Å²) in [6, 6.07) is 28.8. The zero-order valence-electron chi connectivity index (χ0n) is 23.3. The molecule has 10 heteroatoms. The summed E-state index contributed by atoms with van der Waals surface area (Å²) < 4.78 is 21.6. The highest BCUT2D eigenvalue weighted by atomic mass is 32.2. The summed E-state index contributed by atoms with van der Waals surface area (Å²) in [5.41, 5.74) is 4.28. The molecule has 6 rings (SSSR count). The predicted molar refractivity (Wildman–Crippen MR) is 165 cm³/mol. The maximum absolute atomic E-state index is 14.5. The van der Waals surface area contributed by atoms with Gasteiger partial charge in [0.05, 0.1) is 41.7 Å². The quantitative estimate of drug-likeness (QED) is 0.253. The van der Waals surface area contributed by atoms with Crippen molar-refractivity contribution in [2.75, 3.05) is 24.3 Å². The summed E-state index contributed by atoms with van der Waals surface area (Å²) in [7, 11) is 1.59. The van der Waals surface area contributed by atoms with E-state index in [1.807, 2.05) is 72.8 Å². The molecule has 1 aliphatic rings. The number of amides is 2. The van der Waals surface area contributed by atoms with Crippen LogP contribution in [-0.4, -0.2) is 46.0 Å². The lowest BCUT2D eigenvalue weighted by Gasteiger charge is -2.23. The van der Waals surface area contributed by atoms with Crippen molar-refractivity contribution in [2.24, 2.45) is 0 Å². The van der Waals surface area contributed by atoms with E-state index in [1.165, 1.54) is 28.8 Å². The van der Waals surface area contributed by atoms with Crippen molar-refractivity contribution in [3.8, 4) is 22.7 Å². The van der Waals surface area contributed by atoms with Gasteiger partial charge in [0, 0.05) is 17.3 Å². The van der Waals surface area contributed by atoms with Crippen LogP contribution in [0.1, 0.15) is 22.1 Å². The maximum Gasteiger partial charge on any atom is 0.240 e. The number of thioether (sulfide) groups is 1. The average molecular weight is 594 g/mol. The molecule has 8 nitrogen and oxygen atoms in total. The van der Waals surface area contributed by atoms with Crippen molar-refractivity contribution in [2.45, 2.75) is 11.8 Å². The van der Waals surface area contributed by atoms with E-state index in [4.69, 9.17) is 9.84 Å². The van der Waals surface area contributed by atoms with E-state index in [1.54, 1.807) is 30.1 Å². The Labute approximate surface area is 252 Å². The van der Waals surface area contributed by atoms with Crippen LogP contribution in [0.15, 0.2) is 103 Å². The van der Waals surface area contributed by atoms with Crippen LogP contribution in [-0.2, 0) is 16.1 Å². The smallest absolute Gasteiger partial charge is 0.240 e. The lowest BCUT2D eigenvalue weighted by molar-refractivity contribution is -0.123. The molecule has 216 valence electrons. The fraction of sp³-hybridized carbons (Fsp3) is 0.152. The topological polar surface area (TPSA) is 89.3 Å². The van der Waals surface area contributed by atoms with E-state index in [2.05, 4.69) is 10.3 Å². The van der Waals surface area contributed by atoms with E-state index >= 15 is 0 Å². The number of fused-ring (bicyclic) bond motifs is 1. The Bertz CT molecular complexity index is 1750. The van der Waals surface area contributed by atoms with Crippen LogP contribution in [0.4, 0.5) is 10.2 Å². The number of pyridine rings is 1. The first-order valence-corrected chi connectivity index (χ1v) is 14.7. The van der Waals surface area contributed by atoms with Crippen LogP contribution < -0.4 is 15.0 Å². The summed E-state index contributed by atoms with van der Waals surface area (Å²) in [6.45, 7) is -0.00654. The predicted octanol–water partition coefficient (Wildman–Crippen LogP) is 5.57. The first-order chi connectivity index (χ1) is 21.0. The molecule has 0 saturated heterocycles. The number of nitrogens with zero attached hydrogens (tertiary/aromatic N) is 4. The van der Waals surface area contributed by atoms with E-state index in [9.17, 15) is 14.0 Å². The summed E-state index contributed by atoms with van der Waals surface area (Å²) in [6.07, 6.45) is 1.66. The molecule has 0 radical (unpaired) electrons. The van der Waals surface area contributed by atoms with Crippen molar-refractivity contribution >= 4 is 29.4 Å². The number of benzene rings is 3. The number of hydrogen-bond donors (Lipinski definition) is 1. The number of ether oxygens (including phenoxy) is 1. The van der Waals surface area contributed by atoms with E-state index in [0.29, 0.717) is 34.2 Å². The van der Waals surface area contributed by atoms with Crippen molar-refractivity contribution in [3.63, 3.8) is 0 Å². The second-order valence-electron chi connectivity index (χ2n) is 9.89. The number of hydrogen-bond acceptors (Lipinski definition) is 6. The number of aromatic nitrogens is 3. The number of carbonyl (C=O) groups excluding carboxylic acids is 2.